The van der Waals surface area contributed by atoms with Crippen LogP contribution in [0.1, 0.15) is 39.2 Å². The monoisotopic (exact) mass is 515 g/mol. The Bertz CT molecular complexity index is 1040. The molecular weight excluding hydrogens is 477 g/mol. The Morgan fingerprint density at radius 3 is 2.68 bits per heavy atom. The molecule has 0 bridgehead atoms. The van der Waals surface area contributed by atoms with Crippen molar-refractivity contribution in [2.24, 2.45) is 5.41 Å². The zero-order valence-electron chi connectivity index (χ0n) is 22.0. The maximum atomic E-state index is 14.0. The van der Waals surface area contributed by atoms with Gasteiger partial charge in [-0.05, 0) is 58.4 Å². The number of ether oxygens (including phenoxy) is 3. The molecule has 2 aromatic rings. The fourth-order valence-electron chi connectivity index (χ4n) is 4.91. The van der Waals surface area contributed by atoms with Crippen molar-refractivity contribution in [2.45, 2.75) is 45.8 Å². The van der Waals surface area contributed by atoms with Gasteiger partial charge in [-0.15, -0.1) is 0 Å². The summed E-state index contributed by atoms with van der Waals surface area (Å²) >= 11 is 0. The molecule has 5 rings (SSSR count). The summed E-state index contributed by atoms with van der Waals surface area (Å²) in [5.41, 5.74) is 0.839. The quantitative estimate of drug-likeness (QED) is 0.582. The molecular formula is C27H38FN5O4. The number of halogens is 1. The minimum atomic E-state index is -0.318. The fraction of sp³-hybridized carbons (Fsp3) is 0.593. The van der Waals surface area contributed by atoms with Crippen molar-refractivity contribution in [3.05, 3.63) is 42.1 Å². The van der Waals surface area contributed by atoms with Gasteiger partial charge in [0.15, 0.2) is 11.6 Å². The zero-order chi connectivity index (χ0) is 26.3. The Kier molecular flexibility index (Phi) is 8.94. The zero-order valence-corrected chi connectivity index (χ0v) is 22.0. The second kappa shape index (κ2) is 12.1. The third-order valence-electron chi connectivity index (χ3n) is 6.87. The van der Waals surface area contributed by atoms with Crippen LogP contribution in [0.15, 0.2) is 30.7 Å². The third kappa shape index (κ3) is 7.59. The number of benzene rings is 1. The molecule has 1 spiro atoms. The number of morpholine rings is 1. The lowest BCUT2D eigenvalue weighted by Crippen LogP contribution is -2.35. The molecule has 1 aromatic carbocycles. The number of anilines is 1. The van der Waals surface area contributed by atoms with Crippen molar-refractivity contribution in [3.8, 4) is 11.5 Å². The summed E-state index contributed by atoms with van der Waals surface area (Å²) in [5, 5.41) is 3.49. The second-order valence-electron chi connectivity index (χ2n) is 10.9. The molecule has 1 aromatic heterocycles. The number of rotatable bonds is 6. The van der Waals surface area contributed by atoms with Crippen molar-refractivity contribution in [2.75, 3.05) is 57.4 Å². The Hall–Kier alpha value is -2.82. The number of hydrogen-bond donors (Lipinski definition) is 1. The van der Waals surface area contributed by atoms with Crippen LogP contribution in [0.2, 0.25) is 0 Å². The van der Waals surface area contributed by atoms with E-state index in [9.17, 15) is 9.18 Å². The number of carbonyl (C=O) groups excluding carboxylic acids is 1. The normalized spacial score (nSPS) is 22.0. The molecule has 9 nitrogen and oxygen atoms in total. The van der Waals surface area contributed by atoms with Gasteiger partial charge in [0.2, 0.25) is 0 Å². The maximum Gasteiger partial charge on any atom is 0.293 e. The minimum absolute atomic E-state index is 0.259. The van der Waals surface area contributed by atoms with Gasteiger partial charge in [0.25, 0.3) is 6.47 Å². The summed E-state index contributed by atoms with van der Waals surface area (Å²) in [6, 6.07) is 4.70. The van der Waals surface area contributed by atoms with Crippen LogP contribution in [-0.2, 0) is 20.8 Å². The van der Waals surface area contributed by atoms with Crippen molar-refractivity contribution in [1.29, 1.82) is 0 Å². The first-order valence-corrected chi connectivity index (χ1v) is 12.9. The highest BCUT2D eigenvalue weighted by Gasteiger charge is 2.41. The molecule has 4 heterocycles. The minimum Gasteiger partial charge on any atom is -0.462 e. The molecule has 10 heteroatoms. The molecule has 3 fully saturated rings. The van der Waals surface area contributed by atoms with E-state index in [-0.39, 0.29) is 11.4 Å². The highest BCUT2D eigenvalue weighted by atomic mass is 19.1. The highest BCUT2D eigenvalue weighted by Crippen LogP contribution is 2.41. The van der Waals surface area contributed by atoms with Gasteiger partial charge in [-0.25, -0.2) is 14.4 Å². The predicted molar refractivity (Wildman–Crippen MR) is 138 cm³/mol. The van der Waals surface area contributed by atoms with Gasteiger partial charge < -0.3 is 24.4 Å². The first kappa shape index (κ1) is 27.2. The third-order valence-corrected chi connectivity index (χ3v) is 6.87. The van der Waals surface area contributed by atoms with Crippen LogP contribution in [0.25, 0.3) is 0 Å². The molecule has 1 N–H and O–H groups in total. The number of nitrogens with one attached hydrogen (secondary N) is 1. The van der Waals surface area contributed by atoms with Crippen LogP contribution < -0.4 is 15.0 Å². The van der Waals surface area contributed by atoms with E-state index in [0.717, 1.165) is 57.1 Å². The van der Waals surface area contributed by atoms with E-state index < -0.39 is 0 Å². The summed E-state index contributed by atoms with van der Waals surface area (Å²) in [7, 11) is 0. The average Bonchev–Trinajstić information content (AvgIpc) is 3.51. The fourth-order valence-corrected chi connectivity index (χ4v) is 4.91. The SMILES string of the molecule is CC(C)(C)OC=O.Fc1ccc(Oc2cncnc2N2CCC3(CCNC3)C2)c(CN2CCOCC2)c1. The first-order valence-electron chi connectivity index (χ1n) is 12.9. The molecule has 1 atom stereocenters. The number of carbonyl (C=O) groups is 1. The van der Waals surface area contributed by atoms with Crippen LogP contribution in [0.5, 0.6) is 11.5 Å². The smallest absolute Gasteiger partial charge is 0.293 e. The van der Waals surface area contributed by atoms with Crippen LogP contribution in [-0.4, -0.2) is 79.4 Å². The maximum absolute atomic E-state index is 14.0. The largest absolute Gasteiger partial charge is 0.462 e. The van der Waals surface area contributed by atoms with E-state index in [1.54, 1.807) is 24.7 Å². The van der Waals surface area contributed by atoms with Gasteiger partial charge in [0.1, 0.15) is 23.5 Å². The number of aromatic nitrogens is 2. The molecule has 0 aliphatic carbocycles. The van der Waals surface area contributed by atoms with Crippen molar-refractivity contribution in [1.82, 2.24) is 20.2 Å². The predicted octanol–water partition coefficient (Wildman–Crippen LogP) is 3.39. The molecule has 0 amide bonds. The summed E-state index contributed by atoms with van der Waals surface area (Å²) in [5.74, 6) is 1.83. The Morgan fingerprint density at radius 2 is 2.00 bits per heavy atom. The van der Waals surface area contributed by atoms with Crippen LogP contribution in [0, 0.1) is 11.2 Å². The Morgan fingerprint density at radius 1 is 1.19 bits per heavy atom. The Labute approximate surface area is 218 Å². The molecule has 37 heavy (non-hydrogen) atoms. The molecule has 3 aliphatic heterocycles. The van der Waals surface area contributed by atoms with Crippen LogP contribution in [0.4, 0.5) is 10.2 Å². The van der Waals surface area contributed by atoms with Gasteiger partial charge in [-0.1, -0.05) is 0 Å². The first-order chi connectivity index (χ1) is 17.8. The van der Waals surface area contributed by atoms with Gasteiger partial charge in [-0.2, -0.15) is 0 Å². The topological polar surface area (TPSA) is 89.0 Å². The van der Waals surface area contributed by atoms with Gasteiger partial charge in [-0.3, -0.25) is 9.69 Å². The van der Waals surface area contributed by atoms with Crippen molar-refractivity contribution in [3.63, 3.8) is 0 Å². The lowest BCUT2D eigenvalue weighted by atomic mass is 9.87. The number of hydrogen-bond acceptors (Lipinski definition) is 9. The van der Waals surface area contributed by atoms with Crippen molar-refractivity contribution >= 4 is 12.3 Å². The molecule has 202 valence electrons. The highest BCUT2D eigenvalue weighted by molar-refractivity contribution is 5.54. The molecule has 3 aliphatic rings. The summed E-state index contributed by atoms with van der Waals surface area (Å²) in [4.78, 5) is 22.9. The van der Waals surface area contributed by atoms with E-state index in [1.807, 2.05) is 20.8 Å². The van der Waals surface area contributed by atoms with E-state index in [0.29, 0.717) is 43.1 Å². The van der Waals surface area contributed by atoms with Crippen LogP contribution >= 0.6 is 0 Å². The summed E-state index contributed by atoms with van der Waals surface area (Å²) in [6.07, 6.45) is 5.64. The molecule has 0 saturated carbocycles. The average molecular weight is 516 g/mol. The van der Waals surface area contributed by atoms with E-state index in [4.69, 9.17) is 9.47 Å². The van der Waals surface area contributed by atoms with E-state index in [2.05, 4.69) is 29.8 Å². The molecule has 0 radical (unpaired) electrons. The standard InChI is InChI=1S/C22H28FN5O2.C5H10O2/c23-18-1-2-19(17(11-18)13-27-7-9-29-10-8-27)30-20-12-25-16-26-21(20)28-6-4-22(15-28)3-5-24-14-22;1-5(2,3)7-4-6/h1-2,11-12,16,24H,3-10,13-15H2;4H,1-3H3. The van der Waals surface area contributed by atoms with Gasteiger partial charge in [0, 0.05) is 50.2 Å². The van der Waals surface area contributed by atoms with Gasteiger partial charge in [0.05, 0.1) is 19.4 Å². The lowest BCUT2D eigenvalue weighted by molar-refractivity contribution is -0.138. The van der Waals surface area contributed by atoms with Crippen LogP contribution in [0.3, 0.4) is 0 Å². The molecule has 3 saturated heterocycles. The lowest BCUT2D eigenvalue weighted by Gasteiger charge is -2.27. The molecule has 1 unspecified atom stereocenters. The van der Waals surface area contributed by atoms with E-state index in [1.165, 1.54) is 12.5 Å². The second-order valence-corrected chi connectivity index (χ2v) is 10.9. The summed E-state index contributed by atoms with van der Waals surface area (Å²) < 4.78 is 30.3. The van der Waals surface area contributed by atoms with E-state index >= 15 is 0 Å². The van der Waals surface area contributed by atoms with Crippen molar-refractivity contribution < 1.29 is 23.4 Å². The number of nitrogens with zero attached hydrogens (tertiary/aromatic N) is 4. The van der Waals surface area contributed by atoms with Gasteiger partial charge >= 0.3 is 0 Å². The Balaban J connectivity index is 0.000000405. The summed E-state index contributed by atoms with van der Waals surface area (Å²) in [6.45, 7) is 13.7.